The summed E-state index contributed by atoms with van der Waals surface area (Å²) in [5.74, 6) is 3.01. The molecule has 1 N–H and O–H groups in total. The van der Waals surface area contributed by atoms with E-state index >= 15 is 0 Å². The molecule has 1 heterocycles. The molecule has 1 aromatic rings. The zero-order valence-corrected chi connectivity index (χ0v) is 13.2. The van der Waals surface area contributed by atoms with Crippen molar-refractivity contribution in [2.45, 2.75) is 58.4 Å². The molecule has 0 amide bonds. The van der Waals surface area contributed by atoms with Crippen LogP contribution in [0, 0.1) is 6.92 Å². The lowest BCUT2D eigenvalue weighted by atomic mass is 9.95. The molecular weight excluding hydrogens is 242 g/mol. The fraction of sp³-hybridized carbons (Fsp3) is 0.714. The van der Waals surface area contributed by atoms with Crippen LogP contribution < -0.4 is 5.32 Å². The summed E-state index contributed by atoms with van der Waals surface area (Å²) in [5.41, 5.74) is 1.16. The van der Waals surface area contributed by atoms with Gasteiger partial charge >= 0.3 is 0 Å². The zero-order chi connectivity index (χ0) is 13.8. The van der Waals surface area contributed by atoms with Crippen LogP contribution >= 0.6 is 11.8 Å². The molecular formula is C14H25N3S. The largest absolute Gasteiger partial charge is 0.370 e. The Balaban J connectivity index is 3.18. The smallest absolute Gasteiger partial charge is 0.137 e. The Labute approximate surface area is 115 Å². The molecule has 102 valence electrons. The number of nitrogens with one attached hydrogen (secondary N) is 1. The van der Waals surface area contributed by atoms with Crippen LogP contribution in [-0.2, 0) is 5.41 Å². The SMILES string of the molecule is CCCSc1nc(C(C)(C)C)nc(NCC)c1C. The van der Waals surface area contributed by atoms with Crippen LogP contribution in [-0.4, -0.2) is 22.3 Å². The van der Waals surface area contributed by atoms with Gasteiger partial charge in [-0.2, -0.15) is 0 Å². The van der Waals surface area contributed by atoms with Crippen molar-refractivity contribution in [3.05, 3.63) is 11.4 Å². The summed E-state index contributed by atoms with van der Waals surface area (Å²) in [6.07, 6.45) is 1.16. The molecule has 1 aromatic heterocycles. The van der Waals surface area contributed by atoms with Crippen LogP contribution in [0.5, 0.6) is 0 Å². The number of hydrogen-bond donors (Lipinski definition) is 1. The van der Waals surface area contributed by atoms with E-state index in [0.29, 0.717) is 0 Å². The van der Waals surface area contributed by atoms with E-state index in [1.807, 2.05) is 11.8 Å². The Bertz CT molecular complexity index is 397. The first-order chi connectivity index (χ1) is 8.40. The number of rotatable bonds is 5. The second-order valence-corrected chi connectivity index (χ2v) is 6.54. The van der Waals surface area contributed by atoms with Crippen molar-refractivity contribution < 1.29 is 0 Å². The highest BCUT2D eigenvalue weighted by Gasteiger charge is 2.21. The highest BCUT2D eigenvalue weighted by atomic mass is 32.2. The fourth-order valence-electron chi connectivity index (χ4n) is 1.51. The van der Waals surface area contributed by atoms with E-state index in [9.17, 15) is 0 Å². The van der Waals surface area contributed by atoms with Crippen molar-refractivity contribution >= 4 is 17.6 Å². The van der Waals surface area contributed by atoms with E-state index in [4.69, 9.17) is 4.98 Å². The number of thioether (sulfide) groups is 1. The van der Waals surface area contributed by atoms with E-state index in [1.54, 1.807) is 0 Å². The molecule has 0 aliphatic heterocycles. The van der Waals surface area contributed by atoms with Gasteiger partial charge in [0.15, 0.2) is 0 Å². The summed E-state index contributed by atoms with van der Waals surface area (Å²) in [5, 5.41) is 4.46. The van der Waals surface area contributed by atoms with Crippen molar-refractivity contribution in [2.24, 2.45) is 0 Å². The summed E-state index contributed by atoms with van der Waals surface area (Å²) < 4.78 is 0. The van der Waals surface area contributed by atoms with E-state index in [0.717, 1.165) is 35.4 Å². The molecule has 0 atom stereocenters. The monoisotopic (exact) mass is 267 g/mol. The maximum atomic E-state index is 4.74. The van der Waals surface area contributed by atoms with E-state index < -0.39 is 0 Å². The minimum atomic E-state index is -0.0145. The van der Waals surface area contributed by atoms with Crippen molar-refractivity contribution in [2.75, 3.05) is 17.6 Å². The predicted octanol–water partition coefficient (Wildman–Crippen LogP) is 4.02. The number of anilines is 1. The van der Waals surface area contributed by atoms with Gasteiger partial charge in [-0.25, -0.2) is 9.97 Å². The van der Waals surface area contributed by atoms with Crippen molar-refractivity contribution in [1.82, 2.24) is 9.97 Å². The normalized spacial score (nSPS) is 11.7. The van der Waals surface area contributed by atoms with E-state index in [2.05, 4.69) is 51.8 Å². The molecule has 0 aliphatic carbocycles. The molecule has 0 unspecified atom stereocenters. The van der Waals surface area contributed by atoms with Crippen molar-refractivity contribution in [1.29, 1.82) is 0 Å². The average Bonchev–Trinajstić information content (AvgIpc) is 2.29. The third kappa shape index (κ3) is 3.87. The van der Waals surface area contributed by atoms with Gasteiger partial charge in [0.2, 0.25) is 0 Å². The lowest BCUT2D eigenvalue weighted by Crippen LogP contribution is -2.18. The fourth-order valence-corrected chi connectivity index (χ4v) is 2.37. The molecule has 1 rings (SSSR count). The van der Waals surface area contributed by atoms with Gasteiger partial charge in [0.05, 0.1) is 0 Å². The minimum Gasteiger partial charge on any atom is -0.370 e. The summed E-state index contributed by atoms with van der Waals surface area (Å²) in [7, 11) is 0. The van der Waals surface area contributed by atoms with Crippen LogP contribution in [0.15, 0.2) is 5.03 Å². The second kappa shape index (κ2) is 6.41. The topological polar surface area (TPSA) is 37.8 Å². The Morgan fingerprint density at radius 2 is 1.83 bits per heavy atom. The van der Waals surface area contributed by atoms with Gasteiger partial charge < -0.3 is 5.32 Å². The molecule has 0 spiro atoms. The number of nitrogens with zero attached hydrogens (tertiary/aromatic N) is 2. The summed E-state index contributed by atoms with van der Waals surface area (Å²) in [6.45, 7) is 13.7. The van der Waals surface area contributed by atoms with Gasteiger partial charge in [0.1, 0.15) is 16.7 Å². The Morgan fingerprint density at radius 3 is 2.33 bits per heavy atom. The average molecular weight is 267 g/mol. The highest BCUT2D eigenvalue weighted by Crippen LogP contribution is 2.29. The maximum absolute atomic E-state index is 4.74. The van der Waals surface area contributed by atoms with Gasteiger partial charge in [0.25, 0.3) is 0 Å². The summed E-state index contributed by atoms with van der Waals surface area (Å²) >= 11 is 1.83. The Morgan fingerprint density at radius 1 is 1.17 bits per heavy atom. The van der Waals surface area contributed by atoms with Gasteiger partial charge in [-0.05, 0) is 26.0 Å². The van der Waals surface area contributed by atoms with Crippen LogP contribution in [0.4, 0.5) is 5.82 Å². The van der Waals surface area contributed by atoms with Crippen LogP contribution in [0.2, 0.25) is 0 Å². The Hall–Kier alpha value is -0.770. The van der Waals surface area contributed by atoms with Crippen molar-refractivity contribution in [3.63, 3.8) is 0 Å². The van der Waals surface area contributed by atoms with Crippen LogP contribution in [0.1, 0.15) is 52.4 Å². The third-order valence-electron chi connectivity index (χ3n) is 2.56. The molecule has 0 aliphatic rings. The molecule has 3 nitrogen and oxygen atoms in total. The predicted molar refractivity (Wildman–Crippen MR) is 80.6 cm³/mol. The minimum absolute atomic E-state index is 0.0145. The standard InChI is InChI=1S/C14H25N3S/c1-7-9-18-12-10(3)11(15-8-2)16-13(17-12)14(4,5)6/h7-9H2,1-6H3,(H,15,16,17). The van der Waals surface area contributed by atoms with Gasteiger partial charge in [-0.15, -0.1) is 11.8 Å². The Kier molecular flexibility index (Phi) is 5.45. The van der Waals surface area contributed by atoms with E-state index in [-0.39, 0.29) is 5.41 Å². The lowest BCUT2D eigenvalue weighted by molar-refractivity contribution is 0.538. The molecule has 0 fully saturated rings. The lowest BCUT2D eigenvalue weighted by Gasteiger charge is -2.20. The van der Waals surface area contributed by atoms with E-state index in [1.165, 1.54) is 5.56 Å². The first kappa shape index (κ1) is 15.3. The summed E-state index contributed by atoms with van der Waals surface area (Å²) in [6, 6.07) is 0. The zero-order valence-electron chi connectivity index (χ0n) is 12.4. The molecule has 0 bridgehead atoms. The highest BCUT2D eigenvalue weighted by molar-refractivity contribution is 7.99. The molecule has 0 saturated carbocycles. The third-order valence-corrected chi connectivity index (χ3v) is 3.84. The van der Waals surface area contributed by atoms with Gasteiger partial charge in [-0.1, -0.05) is 27.7 Å². The quantitative estimate of drug-likeness (QED) is 0.646. The first-order valence-corrected chi connectivity index (χ1v) is 7.64. The van der Waals surface area contributed by atoms with Gasteiger partial charge in [0, 0.05) is 17.5 Å². The summed E-state index contributed by atoms with van der Waals surface area (Å²) in [4.78, 5) is 9.40. The van der Waals surface area contributed by atoms with Crippen molar-refractivity contribution in [3.8, 4) is 0 Å². The molecule has 0 radical (unpaired) electrons. The molecule has 4 heteroatoms. The molecule has 0 aromatic carbocycles. The van der Waals surface area contributed by atoms with Gasteiger partial charge in [-0.3, -0.25) is 0 Å². The van der Waals surface area contributed by atoms with Crippen LogP contribution in [0.25, 0.3) is 0 Å². The van der Waals surface area contributed by atoms with Crippen LogP contribution in [0.3, 0.4) is 0 Å². The molecule has 18 heavy (non-hydrogen) atoms. The number of hydrogen-bond acceptors (Lipinski definition) is 4. The second-order valence-electron chi connectivity index (χ2n) is 5.45. The first-order valence-electron chi connectivity index (χ1n) is 6.65. The maximum Gasteiger partial charge on any atom is 0.137 e. The molecule has 0 saturated heterocycles. The number of aromatic nitrogens is 2.